The molecule has 0 amide bonds. The van der Waals surface area contributed by atoms with Crippen LogP contribution in [0.4, 0.5) is 0 Å². The lowest BCUT2D eigenvalue weighted by atomic mass is 9.72. The van der Waals surface area contributed by atoms with Crippen molar-refractivity contribution in [1.29, 1.82) is 0 Å². The molecular weight excluding hydrogens is 284 g/mol. The Balaban J connectivity index is 2.23. The monoisotopic (exact) mass is 296 g/mol. The van der Waals surface area contributed by atoms with Gasteiger partial charge in [0.05, 0.1) is 11.1 Å². The number of hydrogen-bond acceptors (Lipinski definition) is 4. The van der Waals surface area contributed by atoms with E-state index in [0.717, 1.165) is 0 Å². The fourth-order valence-corrected chi connectivity index (χ4v) is 2.87. The summed E-state index contributed by atoms with van der Waals surface area (Å²) in [5.41, 5.74) is 2.17. The second kappa shape index (κ2) is 5.40. The zero-order valence-corrected chi connectivity index (χ0v) is 11.5. The molecule has 0 saturated carbocycles. The number of nitro groups is 2. The molecule has 2 aromatic rings. The van der Waals surface area contributed by atoms with Gasteiger partial charge < -0.3 is 0 Å². The predicted molar refractivity (Wildman–Crippen MR) is 81.3 cm³/mol. The van der Waals surface area contributed by atoms with Crippen molar-refractivity contribution in [2.24, 2.45) is 0 Å². The minimum atomic E-state index is -1.31. The van der Waals surface area contributed by atoms with Crippen molar-refractivity contribution in [3.05, 3.63) is 92.0 Å². The van der Waals surface area contributed by atoms with Crippen LogP contribution in [0, 0.1) is 20.2 Å². The SMILES string of the molecule is O=[N+]([O-])C1C(c2ccccc2)=C(c2ccccc2)C1[N+](=O)[O-]. The lowest BCUT2D eigenvalue weighted by Crippen LogP contribution is -2.49. The van der Waals surface area contributed by atoms with Crippen LogP contribution < -0.4 is 0 Å². The molecule has 0 fully saturated rings. The van der Waals surface area contributed by atoms with Crippen LogP contribution in [0.2, 0.25) is 0 Å². The van der Waals surface area contributed by atoms with Crippen molar-refractivity contribution < 1.29 is 9.85 Å². The van der Waals surface area contributed by atoms with Gasteiger partial charge in [0.25, 0.3) is 0 Å². The van der Waals surface area contributed by atoms with Gasteiger partial charge in [-0.05, 0) is 11.1 Å². The van der Waals surface area contributed by atoms with E-state index in [4.69, 9.17) is 0 Å². The van der Waals surface area contributed by atoms with Gasteiger partial charge in [-0.25, -0.2) is 0 Å². The topological polar surface area (TPSA) is 86.3 Å². The van der Waals surface area contributed by atoms with Crippen LogP contribution in [0.15, 0.2) is 60.7 Å². The van der Waals surface area contributed by atoms with Crippen molar-refractivity contribution in [3.63, 3.8) is 0 Å². The van der Waals surface area contributed by atoms with Crippen molar-refractivity contribution in [2.45, 2.75) is 12.1 Å². The third kappa shape index (κ3) is 2.14. The largest absolute Gasteiger partial charge is 0.309 e. The summed E-state index contributed by atoms with van der Waals surface area (Å²) in [6.07, 6.45) is 0. The zero-order chi connectivity index (χ0) is 15.7. The van der Waals surface area contributed by atoms with Crippen LogP contribution in [0.5, 0.6) is 0 Å². The second-order valence-corrected chi connectivity index (χ2v) is 5.02. The van der Waals surface area contributed by atoms with Crippen molar-refractivity contribution >= 4 is 11.1 Å². The first-order valence-corrected chi connectivity index (χ1v) is 6.73. The Morgan fingerprint density at radius 1 is 0.636 bits per heavy atom. The molecule has 2 atom stereocenters. The Morgan fingerprint density at radius 2 is 0.955 bits per heavy atom. The number of nitrogens with zero attached hydrogens (tertiary/aromatic N) is 2. The molecule has 1 aliphatic rings. The van der Waals surface area contributed by atoms with E-state index < -0.39 is 21.9 Å². The van der Waals surface area contributed by atoms with Gasteiger partial charge in [-0.3, -0.25) is 20.2 Å². The third-order valence-corrected chi connectivity index (χ3v) is 3.80. The summed E-state index contributed by atoms with van der Waals surface area (Å²) >= 11 is 0. The van der Waals surface area contributed by atoms with E-state index in [0.29, 0.717) is 22.3 Å². The first-order valence-electron chi connectivity index (χ1n) is 6.73. The standard InChI is InChI=1S/C16H12N2O4/c19-17(20)15-13(11-7-3-1-4-8-11)14(16(15)18(21)22)12-9-5-2-6-10-12/h1-10,15-16H. The predicted octanol–water partition coefficient (Wildman–Crippen LogP) is 2.90. The van der Waals surface area contributed by atoms with Crippen LogP contribution >= 0.6 is 0 Å². The van der Waals surface area contributed by atoms with E-state index in [9.17, 15) is 20.2 Å². The molecule has 0 aliphatic heterocycles. The van der Waals surface area contributed by atoms with Crippen molar-refractivity contribution in [2.75, 3.05) is 0 Å². The number of rotatable bonds is 4. The molecule has 0 heterocycles. The highest BCUT2D eigenvalue weighted by atomic mass is 16.6. The molecule has 0 N–H and O–H groups in total. The Hall–Kier alpha value is -3.02. The van der Waals surface area contributed by atoms with Crippen LogP contribution in [0.1, 0.15) is 11.1 Å². The molecule has 1 aliphatic carbocycles. The van der Waals surface area contributed by atoms with Gasteiger partial charge in [0.15, 0.2) is 0 Å². The van der Waals surface area contributed by atoms with Crippen LogP contribution in [-0.2, 0) is 0 Å². The summed E-state index contributed by atoms with van der Waals surface area (Å²) in [4.78, 5) is 21.5. The fourth-order valence-electron chi connectivity index (χ4n) is 2.87. The maximum absolute atomic E-state index is 11.3. The lowest BCUT2D eigenvalue weighted by molar-refractivity contribution is -0.599. The summed E-state index contributed by atoms with van der Waals surface area (Å²) in [6, 6.07) is 15.0. The molecule has 0 bridgehead atoms. The summed E-state index contributed by atoms with van der Waals surface area (Å²) in [6.45, 7) is 0. The highest BCUT2D eigenvalue weighted by molar-refractivity contribution is 6.01. The molecule has 2 unspecified atom stereocenters. The van der Waals surface area contributed by atoms with E-state index in [-0.39, 0.29) is 0 Å². The molecule has 6 heteroatoms. The average molecular weight is 296 g/mol. The van der Waals surface area contributed by atoms with Gasteiger partial charge in [0, 0.05) is 9.85 Å². The average Bonchev–Trinajstić information content (AvgIpc) is 2.47. The van der Waals surface area contributed by atoms with Crippen molar-refractivity contribution in [1.82, 2.24) is 0 Å². The highest BCUT2D eigenvalue weighted by Crippen LogP contribution is 2.45. The van der Waals surface area contributed by atoms with Gasteiger partial charge in [-0.1, -0.05) is 60.7 Å². The first-order chi connectivity index (χ1) is 10.6. The molecule has 3 rings (SSSR count). The molecule has 22 heavy (non-hydrogen) atoms. The molecule has 0 spiro atoms. The summed E-state index contributed by atoms with van der Waals surface area (Å²) in [7, 11) is 0. The molecular formula is C16H12N2O4. The van der Waals surface area contributed by atoms with Gasteiger partial charge in [-0.15, -0.1) is 0 Å². The lowest BCUT2D eigenvalue weighted by Gasteiger charge is -2.30. The van der Waals surface area contributed by atoms with Gasteiger partial charge >= 0.3 is 12.1 Å². The third-order valence-electron chi connectivity index (χ3n) is 3.80. The van der Waals surface area contributed by atoms with Crippen LogP contribution in [0.25, 0.3) is 11.1 Å². The van der Waals surface area contributed by atoms with Crippen LogP contribution in [0.3, 0.4) is 0 Å². The first kappa shape index (κ1) is 13.9. The molecule has 2 aromatic carbocycles. The van der Waals surface area contributed by atoms with E-state index >= 15 is 0 Å². The Morgan fingerprint density at radius 3 is 1.23 bits per heavy atom. The van der Waals surface area contributed by atoms with Gasteiger partial charge in [0.2, 0.25) is 0 Å². The zero-order valence-electron chi connectivity index (χ0n) is 11.5. The van der Waals surface area contributed by atoms with Gasteiger partial charge in [-0.2, -0.15) is 0 Å². The maximum atomic E-state index is 11.3. The molecule has 6 nitrogen and oxygen atoms in total. The second-order valence-electron chi connectivity index (χ2n) is 5.02. The Labute approximate surface area is 126 Å². The number of benzene rings is 2. The van der Waals surface area contributed by atoms with E-state index in [1.165, 1.54) is 0 Å². The Bertz CT molecular complexity index is 691. The smallest absolute Gasteiger partial charge is 0.264 e. The molecule has 0 aromatic heterocycles. The quantitative estimate of drug-likeness (QED) is 0.641. The van der Waals surface area contributed by atoms with E-state index in [1.807, 2.05) is 0 Å². The Kier molecular flexibility index (Phi) is 3.42. The molecule has 0 saturated heterocycles. The minimum Gasteiger partial charge on any atom is -0.264 e. The minimum absolute atomic E-state index is 0.429. The van der Waals surface area contributed by atoms with E-state index in [1.54, 1.807) is 60.7 Å². The van der Waals surface area contributed by atoms with Crippen LogP contribution in [-0.4, -0.2) is 21.9 Å². The van der Waals surface area contributed by atoms with E-state index in [2.05, 4.69) is 0 Å². The summed E-state index contributed by atoms with van der Waals surface area (Å²) in [5.74, 6) is 0. The van der Waals surface area contributed by atoms with Crippen molar-refractivity contribution in [3.8, 4) is 0 Å². The number of hydrogen-bond donors (Lipinski definition) is 0. The normalized spacial score (nSPS) is 20.4. The summed E-state index contributed by atoms with van der Waals surface area (Å²) in [5, 5.41) is 22.6. The molecule has 110 valence electrons. The highest BCUT2D eigenvalue weighted by Gasteiger charge is 2.58. The van der Waals surface area contributed by atoms with Gasteiger partial charge in [0.1, 0.15) is 0 Å². The maximum Gasteiger partial charge on any atom is 0.309 e. The molecule has 0 radical (unpaired) electrons. The fraction of sp³-hybridized carbons (Fsp3) is 0.125. The summed E-state index contributed by atoms with van der Waals surface area (Å²) < 4.78 is 0.